The second kappa shape index (κ2) is 5.16. The number of hydrogen-bond acceptors (Lipinski definition) is 3. The van der Waals surface area contributed by atoms with Crippen molar-refractivity contribution < 1.29 is 14.3 Å². The molecule has 1 rings (SSSR count). The largest absolute Gasteiger partial charge is 0.444 e. The number of carbonyl (C=O) groups excluding carboxylic acids is 2. The lowest BCUT2D eigenvalue weighted by molar-refractivity contribution is -0.120. The van der Waals surface area contributed by atoms with Gasteiger partial charge in [-0.1, -0.05) is 6.92 Å². The third-order valence-corrected chi connectivity index (χ3v) is 3.29. The molecular formula is C13H24N2O3. The van der Waals surface area contributed by atoms with Crippen LogP contribution in [0.4, 0.5) is 4.79 Å². The van der Waals surface area contributed by atoms with Crippen LogP contribution in [0.25, 0.3) is 0 Å². The van der Waals surface area contributed by atoms with Crippen LogP contribution < -0.4 is 11.1 Å². The Balaban J connectivity index is 2.45. The van der Waals surface area contributed by atoms with Gasteiger partial charge in [-0.15, -0.1) is 0 Å². The molecule has 5 heteroatoms. The van der Waals surface area contributed by atoms with Gasteiger partial charge < -0.3 is 15.8 Å². The first-order chi connectivity index (χ1) is 8.16. The summed E-state index contributed by atoms with van der Waals surface area (Å²) in [6, 6.07) is 0. The number of nitrogens with two attached hydrogens (primary N) is 1. The minimum atomic E-state index is -0.491. The summed E-state index contributed by atoms with van der Waals surface area (Å²) in [5, 5.41) is 2.93. The summed E-state index contributed by atoms with van der Waals surface area (Å²) < 4.78 is 5.25. The highest BCUT2D eigenvalue weighted by molar-refractivity contribution is 5.74. The van der Waals surface area contributed by atoms with Crippen LogP contribution in [-0.4, -0.2) is 23.1 Å². The first kappa shape index (κ1) is 14.8. The molecule has 0 radical (unpaired) electrons. The minimum absolute atomic E-state index is 0.220. The molecule has 2 amide bonds. The van der Waals surface area contributed by atoms with E-state index in [2.05, 4.69) is 5.32 Å². The second-order valence-corrected chi connectivity index (χ2v) is 6.21. The third-order valence-electron chi connectivity index (χ3n) is 3.29. The van der Waals surface area contributed by atoms with Crippen LogP contribution in [0.3, 0.4) is 0 Å². The molecule has 0 bridgehead atoms. The molecule has 0 aromatic heterocycles. The highest BCUT2D eigenvalue weighted by atomic mass is 16.6. The zero-order valence-corrected chi connectivity index (χ0v) is 11.7. The Bertz CT molecular complexity index is 328. The summed E-state index contributed by atoms with van der Waals surface area (Å²) in [4.78, 5) is 22.6. The van der Waals surface area contributed by atoms with E-state index in [1.54, 1.807) is 0 Å². The Labute approximate surface area is 108 Å². The molecule has 1 aliphatic rings. The summed E-state index contributed by atoms with van der Waals surface area (Å²) in [6.07, 6.45) is 2.44. The van der Waals surface area contributed by atoms with Gasteiger partial charge in [0.25, 0.3) is 0 Å². The number of nitrogens with one attached hydrogen (secondary N) is 1. The van der Waals surface area contributed by atoms with Crippen LogP contribution in [0, 0.1) is 5.92 Å². The van der Waals surface area contributed by atoms with Crippen LogP contribution >= 0.6 is 0 Å². The highest BCUT2D eigenvalue weighted by Crippen LogP contribution is 2.42. The lowest BCUT2D eigenvalue weighted by atomic mass is 9.65. The molecule has 0 aromatic carbocycles. The van der Waals surface area contributed by atoms with Crippen molar-refractivity contribution in [3.63, 3.8) is 0 Å². The van der Waals surface area contributed by atoms with Crippen molar-refractivity contribution in [3.8, 4) is 0 Å². The van der Waals surface area contributed by atoms with Crippen molar-refractivity contribution in [3.05, 3.63) is 0 Å². The molecule has 0 spiro atoms. The zero-order valence-electron chi connectivity index (χ0n) is 11.7. The number of primary amides is 1. The molecule has 1 saturated carbocycles. The predicted molar refractivity (Wildman–Crippen MR) is 68.9 cm³/mol. The molecule has 1 aliphatic carbocycles. The van der Waals surface area contributed by atoms with Gasteiger partial charge in [0.15, 0.2) is 0 Å². The molecule has 104 valence electrons. The molecule has 0 unspecified atom stereocenters. The molecule has 1 fully saturated rings. The van der Waals surface area contributed by atoms with Gasteiger partial charge in [0.2, 0.25) is 5.91 Å². The van der Waals surface area contributed by atoms with E-state index in [1.165, 1.54) is 0 Å². The van der Waals surface area contributed by atoms with Gasteiger partial charge in [-0.2, -0.15) is 0 Å². The number of alkyl carbamates (subject to hydrolysis) is 1. The number of ether oxygens (including phenoxy) is 1. The van der Waals surface area contributed by atoms with Crippen LogP contribution in [0.15, 0.2) is 0 Å². The highest BCUT2D eigenvalue weighted by Gasteiger charge is 2.44. The lowest BCUT2D eigenvalue weighted by Crippen LogP contribution is -2.58. The summed E-state index contributed by atoms with van der Waals surface area (Å²) in [6.45, 7) is 7.53. The lowest BCUT2D eigenvalue weighted by Gasteiger charge is -2.47. The SMILES string of the molecule is CCC1(NC(=O)OC(C)(C)C)CC(CC(N)=O)C1. The fourth-order valence-corrected chi connectivity index (χ4v) is 2.47. The molecular weight excluding hydrogens is 232 g/mol. The van der Waals surface area contributed by atoms with Gasteiger partial charge in [-0.05, 0) is 46.0 Å². The van der Waals surface area contributed by atoms with Crippen LogP contribution in [-0.2, 0) is 9.53 Å². The Morgan fingerprint density at radius 3 is 2.33 bits per heavy atom. The first-order valence-corrected chi connectivity index (χ1v) is 6.45. The number of rotatable bonds is 4. The maximum Gasteiger partial charge on any atom is 0.408 e. The maximum atomic E-state index is 11.7. The fraction of sp³-hybridized carbons (Fsp3) is 0.846. The fourth-order valence-electron chi connectivity index (χ4n) is 2.47. The standard InChI is InChI=1S/C13H24N2O3/c1-5-13(7-9(8-13)6-10(14)16)15-11(17)18-12(2,3)4/h9H,5-8H2,1-4H3,(H2,14,16)(H,15,17). The van der Waals surface area contributed by atoms with E-state index >= 15 is 0 Å². The van der Waals surface area contributed by atoms with E-state index in [0.717, 1.165) is 19.3 Å². The quantitative estimate of drug-likeness (QED) is 0.806. The molecule has 0 atom stereocenters. The van der Waals surface area contributed by atoms with E-state index < -0.39 is 5.60 Å². The molecule has 0 aromatic rings. The van der Waals surface area contributed by atoms with Crippen molar-refractivity contribution in [1.82, 2.24) is 5.32 Å². The zero-order chi connectivity index (χ0) is 14.0. The van der Waals surface area contributed by atoms with E-state index in [-0.39, 0.29) is 23.5 Å². The Morgan fingerprint density at radius 1 is 1.39 bits per heavy atom. The molecule has 5 nitrogen and oxygen atoms in total. The Hall–Kier alpha value is -1.26. The third kappa shape index (κ3) is 4.20. The van der Waals surface area contributed by atoms with Crippen molar-refractivity contribution in [2.75, 3.05) is 0 Å². The number of amides is 2. The van der Waals surface area contributed by atoms with Crippen LogP contribution in [0.1, 0.15) is 53.4 Å². The average molecular weight is 256 g/mol. The van der Waals surface area contributed by atoms with Gasteiger partial charge in [-0.3, -0.25) is 4.79 Å². The summed E-state index contributed by atoms with van der Waals surface area (Å²) in [7, 11) is 0. The van der Waals surface area contributed by atoms with Crippen LogP contribution in [0.2, 0.25) is 0 Å². The van der Waals surface area contributed by atoms with Gasteiger partial charge in [-0.25, -0.2) is 4.79 Å². The summed E-state index contributed by atoms with van der Waals surface area (Å²) in [5.74, 6) is 0.0133. The van der Waals surface area contributed by atoms with E-state index in [4.69, 9.17) is 10.5 Å². The van der Waals surface area contributed by atoms with E-state index in [9.17, 15) is 9.59 Å². The second-order valence-electron chi connectivity index (χ2n) is 6.21. The minimum Gasteiger partial charge on any atom is -0.444 e. The normalized spacial score (nSPS) is 27.2. The average Bonchev–Trinajstić information content (AvgIpc) is 2.09. The smallest absolute Gasteiger partial charge is 0.408 e. The molecule has 0 heterocycles. The summed E-state index contributed by atoms with van der Waals surface area (Å²) >= 11 is 0. The van der Waals surface area contributed by atoms with Crippen LogP contribution in [0.5, 0.6) is 0 Å². The topological polar surface area (TPSA) is 81.4 Å². The molecule has 18 heavy (non-hydrogen) atoms. The maximum absolute atomic E-state index is 11.7. The van der Waals surface area contributed by atoms with Crippen molar-refractivity contribution in [2.45, 2.75) is 64.5 Å². The molecule has 0 aliphatic heterocycles. The van der Waals surface area contributed by atoms with Crippen molar-refractivity contribution in [2.24, 2.45) is 11.7 Å². The number of carbonyl (C=O) groups is 2. The molecule has 3 N–H and O–H groups in total. The van der Waals surface area contributed by atoms with Gasteiger partial charge in [0, 0.05) is 12.0 Å². The van der Waals surface area contributed by atoms with Gasteiger partial charge >= 0.3 is 6.09 Å². The van der Waals surface area contributed by atoms with Gasteiger partial charge in [0.1, 0.15) is 5.60 Å². The predicted octanol–water partition coefficient (Wildman–Crippen LogP) is 1.95. The van der Waals surface area contributed by atoms with Gasteiger partial charge in [0.05, 0.1) is 0 Å². The Kier molecular flexibility index (Phi) is 4.24. The van der Waals surface area contributed by atoms with Crippen molar-refractivity contribution >= 4 is 12.0 Å². The first-order valence-electron chi connectivity index (χ1n) is 6.45. The van der Waals surface area contributed by atoms with E-state index in [1.807, 2.05) is 27.7 Å². The van der Waals surface area contributed by atoms with E-state index in [0.29, 0.717) is 6.42 Å². The Morgan fingerprint density at radius 2 is 1.94 bits per heavy atom. The summed E-state index contributed by atoms with van der Waals surface area (Å²) in [5.41, 5.74) is 4.46. The van der Waals surface area contributed by atoms with Crippen molar-refractivity contribution in [1.29, 1.82) is 0 Å². The monoisotopic (exact) mass is 256 g/mol. The molecule has 0 saturated heterocycles. The number of hydrogen-bond donors (Lipinski definition) is 2.